The quantitative estimate of drug-likeness (QED) is 0.898. The van der Waals surface area contributed by atoms with Gasteiger partial charge in [-0.2, -0.15) is 0 Å². The molecule has 0 saturated carbocycles. The zero-order valence-corrected chi connectivity index (χ0v) is 11.7. The van der Waals surface area contributed by atoms with E-state index in [1.165, 1.54) is 21.7 Å². The number of aromatic nitrogens is 1. The van der Waals surface area contributed by atoms with Gasteiger partial charge in [-0.1, -0.05) is 31.2 Å². The van der Waals surface area contributed by atoms with E-state index in [9.17, 15) is 0 Å². The molecule has 1 aliphatic rings. The summed E-state index contributed by atoms with van der Waals surface area (Å²) in [6, 6.07) is 8.51. The van der Waals surface area contributed by atoms with Crippen molar-refractivity contribution in [3.8, 4) is 0 Å². The average Bonchev–Trinajstić information content (AvgIpc) is 2.93. The smallest absolute Gasteiger partial charge is 0.118 e. The molecule has 0 amide bonds. The second kappa shape index (κ2) is 4.18. The van der Waals surface area contributed by atoms with Crippen LogP contribution in [0.3, 0.4) is 0 Å². The van der Waals surface area contributed by atoms with Crippen LogP contribution in [0.5, 0.6) is 0 Å². The molecule has 3 heteroatoms. The molecule has 0 radical (unpaired) electrons. The Morgan fingerprint density at radius 3 is 2.89 bits per heavy atom. The minimum Gasteiger partial charge on any atom is -0.316 e. The van der Waals surface area contributed by atoms with Crippen molar-refractivity contribution >= 4 is 11.3 Å². The molecule has 2 aromatic rings. The summed E-state index contributed by atoms with van der Waals surface area (Å²) in [6.45, 7) is 4.29. The van der Waals surface area contributed by atoms with Gasteiger partial charge >= 0.3 is 0 Å². The molecular formula is C15H18N2S. The minimum atomic E-state index is -0.362. The summed E-state index contributed by atoms with van der Waals surface area (Å²) in [6.07, 6.45) is 3.02. The van der Waals surface area contributed by atoms with Gasteiger partial charge in [0.15, 0.2) is 0 Å². The molecule has 0 spiro atoms. The maximum atomic E-state index is 6.68. The zero-order valence-electron chi connectivity index (χ0n) is 10.9. The van der Waals surface area contributed by atoms with E-state index in [4.69, 9.17) is 10.7 Å². The summed E-state index contributed by atoms with van der Waals surface area (Å²) in [4.78, 5) is 6.08. The summed E-state index contributed by atoms with van der Waals surface area (Å²) in [7, 11) is 0. The van der Waals surface area contributed by atoms with Crippen LogP contribution in [0.4, 0.5) is 0 Å². The lowest BCUT2D eigenvalue weighted by atomic mass is 9.94. The Kier molecular flexibility index (Phi) is 2.76. The van der Waals surface area contributed by atoms with Gasteiger partial charge in [-0.3, -0.25) is 0 Å². The molecule has 2 nitrogen and oxygen atoms in total. The first-order valence-electron chi connectivity index (χ1n) is 6.49. The standard InChI is InChI=1S/C15H18N2S/c1-3-13-10(2)18-14(17-13)15(16)9-8-11-6-4-5-7-12(11)15/h4-7H,3,8-9,16H2,1-2H3. The maximum Gasteiger partial charge on any atom is 0.118 e. The van der Waals surface area contributed by atoms with Crippen LogP contribution < -0.4 is 5.73 Å². The van der Waals surface area contributed by atoms with Gasteiger partial charge in [0, 0.05) is 4.88 Å². The second-order valence-corrected chi connectivity index (χ2v) is 6.21. The number of rotatable bonds is 2. The maximum absolute atomic E-state index is 6.68. The SMILES string of the molecule is CCc1nc(C2(N)CCc3ccccc32)sc1C. The molecule has 0 saturated heterocycles. The Hall–Kier alpha value is -1.19. The number of thiazole rings is 1. The number of hydrogen-bond acceptors (Lipinski definition) is 3. The summed E-state index contributed by atoms with van der Waals surface area (Å²) in [5, 5.41) is 1.09. The molecule has 2 N–H and O–H groups in total. The van der Waals surface area contributed by atoms with Crippen LogP contribution in [0.15, 0.2) is 24.3 Å². The van der Waals surface area contributed by atoms with E-state index in [2.05, 4.69) is 38.1 Å². The van der Waals surface area contributed by atoms with Crippen molar-refractivity contribution in [2.75, 3.05) is 0 Å². The lowest BCUT2D eigenvalue weighted by Crippen LogP contribution is -2.35. The van der Waals surface area contributed by atoms with Crippen molar-refractivity contribution < 1.29 is 0 Å². The molecule has 1 unspecified atom stereocenters. The summed E-state index contributed by atoms with van der Waals surface area (Å²) in [5.74, 6) is 0. The summed E-state index contributed by atoms with van der Waals surface area (Å²) in [5.41, 5.74) is 10.2. The second-order valence-electron chi connectivity index (χ2n) is 5.00. The lowest BCUT2D eigenvalue weighted by molar-refractivity contribution is 0.530. The van der Waals surface area contributed by atoms with Crippen LogP contribution in [0.2, 0.25) is 0 Å². The van der Waals surface area contributed by atoms with Crippen molar-refractivity contribution in [1.82, 2.24) is 4.98 Å². The highest BCUT2D eigenvalue weighted by molar-refractivity contribution is 7.11. The third-order valence-corrected chi connectivity index (χ3v) is 5.09. The van der Waals surface area contributed by atoms with Gasteiger partial charge in [0.25, 0.3) is 0 Å². The summed E-state index contributed by atoms with van der Waals surface area (Å²) >= 11 is 1.76. The highest BCUT2D eigenvalue weighted by atomic mass is 32.1. The number of aryl methyl sites for hydroxylation is 3. The molecule has 1 heterocycles. The zero-order chi connectivity index (χ0) is 12.8. The van der Waals surface area contributed by atoms with Crippen molar-refractivity contribution in [1.29, 1.82) is 0 Å². The highest BCUT2D eigenvalue weighted by Crippen LogP contribution is 2.41. The van der Waals surface area contributed by atoms with E-state index in [1.807, 2.05) is 0 Å². The van der Waals surface area contributed by atoms with E-state index in [0.29, 0.717) is 0 Å². The van der Waals surface area contributed by atoms with E-state index in [0.717, 1.165) is 24.3 Å². The van der Waals surface area contributed by atoms with Gasteiger partial charge in [0.1, 0.15) is 5.01 Å². The molecular weight excluding hydrogens is 240 g/mol. The lowest BCUT2D eigenvalue weighted by Gasteiger charge is -2.22. The minimum absolute atomic E-state index is 0.362. The Morgan fingerprint density at radius 1 is 1.39 bits per heavy atom. The molecule has 3 rings (SSSR count). The molecule has 94 valence electrons. The van der Waals surface area contributed by atoms with Crippen LogP contribution >= 0.6 is 11.3 Å². The number of nitrogens with two attached hydrogens (primary N) is 1. The van der Waals surface area contributed by atoms with E-state index < -0.39 is 0 Å². The molecule has 0 aliphatic heterocycles. The van der Waals surface area contributed by atoms with E-state index in [-0.39, 0.29) is 5.54 Å². The number of fused-ring (bicyclic) bond motifs is 1. The van der Waals surface area contributed by atoms with Crippen molar-refractivity contribution in [3.05, 3.63) is 51.0 Å². The Labute approximate surface area is 112 Å². The van der Waals surface area contributed by atoms with Crippen LogP contribution in [-0.2, 0) is 18.4 Å². The number of hydrogen-bond donors (Lipinski definition) is 1. The number of nitrogens with zero attached hydrogens (tertiary/aromatic N) is 1. The monoisotopic (exact) mass is 258 g/mol. The first-order valence-corrected chi connectivity index (χ1v) is 7.31. The molecule has 1 aliphatic carbocycles. The Bertz CT molecular complexity index is 588. The Balaban J connectivity index is 2.11. The summed E-state index contributed by atoms with van der Waals surface area (Å²) < 4.78 is 0. The first kappa shape index (κ1) is 11.9. The van der Waals surface area contributed by atoms with Crippen molar-refractivity contribution in [2.45, 2.75) is 38.6 Å². The first-order chi connectivity index (χ1) is 8.65. The highest BCUT2D eigenvalue weighted by Gasteiger charge is 2.39. The number of benzene rings is 1. The topological polar surface area (TPSA) is 38.9 Å². The fourth-order valence-corrected chi connectivity index (χ4v) is 3.96. The predicted molar refractivity (Wildman–Crippen MR) is 76.0 cm³/mol. The van der Waals surface area contributed by atoms with Crippen LogP contribution in [-0.4, -0.2) is 4.98 Å². The average molecular weight is 258 g/mol. The van der Waals surface area contributed by atoms with Gasteiger partial charge in [-0.15, -0.1) is 11.3 Å². The Morgan fingerprint density at radius 2 is 2.17 bits per heavy atom. The fourth-order valence-electron chi connectivity index (χ4n) is 2.81. The largest absolute Gasteiger partial charge is 0.316 e. The van der Waals surface area contributed by atoms with Crippen molar-refractivity contribution in [2.24, 2.45) is 5.73 Å². The molecule has 0 bridgehead atoms. The van der Waals surface area contributed by atoms with Crippen LogP contribution in [0, 0.1) is 6.92 Å². The molecule has 1 aromatic heterocycles. The van der Waals surface area contributed by atoms with Gasteiger partial charge in [0.05, 0.1) is 11.2 Å². The van der Waals surface area contributed by atoms with Gasteiger partial charge in [-0.25, -0.2) is 4.98 Å². The third-order valence-electron chi connectivity index (χ3n) is 3.90. The van der Waals surface area contributed by atoms with Crippen LogP contribution in [0.1, 0.15) is 40.1 Å². The molecule has 0 fully saturated rings. The molecule has 1 atom stereocenters. The fraction of sp³-hybridized carbons (Fsp3) is 0.400. The van der Waals surface area contributed by atoms with Gasteiger partial charge in [-0.05, 0) is 37.3 Å². The normalized spacial score (nSPS) is 22.2. The predicted octanol–water partition coefficient (Wildman–Crippen LogP) is 3.16. The van der Waals surface area contributed by atoms with E-state index >= 15 is 0 Å². The molecule has 18 heavy (non-hydrogen) atoms. The third kappa shape index (κ3) is 1.62. The van der Waals surface area contributed by atoms with E-state index in [1.54, 1.807) is 11.3 Å². The van der Waals surface area contributed by atoms with Gasteiger partial charge in [0.2, 0.25) is 0 Å². The van der Waals surface area contributed by atoms with Crippen LogP contribution in [0.25, 0.3) is 0 Å². The molecule has 1 aromatic carbocycles. The van der Waals surface area contributed by atoms with Crippen molar-refractivity contribution in [3.63, 3.8) is 0 Å². The van der Waals surface area contributed by atoms with Gasteiger partial charge < -0.3 is 5.73 Å².